The standard InChI is InChI=1S/C34H40ClN3O4/c1-24(39)37-19-18-29-14-15-30(38(29)21-26-8-12-28(35)13-9-26)23-36(22-27-6-4-5-7-31(27)37)34(40)17-11-25-10-16-32(41-2)33(20-25)42-3/h4-10,12-13,16,20,29-30H,11,14-15,17-19,21-23H2,1-3H3/t29-,30+/m1/s1. The third kappa shape index (κ3) is 6.90. The topological polar surface area (TPSA) is 62.3 Å². The van der Waals surface area contributed by atoms with Crippen LogP contribution in [0.4, 0.5) is 5.69 Å². The van der Waals surface area contributed by atoms with E-state index in [1.54, 1.807) is 21.1 Å². The normalized spacial score (nSPS) is 19.1. The predicted octanol–water partition coefficient (Wildman–Crippen LogP) is 6.11. The number of amides is 2. The predicted molar refractivity (Wildman–Crippen MR) is 166 cm³/mol. The van der Waals surface area contributed by atoms with E-state index in [1.165, 1.54) is 5.56 Å². The van der Waals surface area contributed by atoms with Gasteiger partial charge in [-0.25, -0.2) is 0 Å². The number of para-hydroxylation sites is 1. The molecule has 0 unspecified atom stereocenters. The van der Waals surface area contributed by atoms with Crippen molar-refractivity contribution in [2.45, 2.75) is 64.2 Å². The first-order valence-electron chi connectivity index (χ1n) is 14.7. The second-order valence-electron chi connectivity index (χ2n) is 11.2. The van der Waals surface area contributed by atoms with Crippen LogP contribution in [-0.4, -0.2) is 61.0 Å². The minimum absolute atomic E-state index is 0.0202. The van der Waals surface area contributed by atoms with E-state index in [2.05, 4.69) is 17.0 Å². The molecule has 0 saturated carbocycles. The highest BCUT2D eigenvalue weighted by atomic mass is 35.5. The summed E-state index contributed by atoms with van der Waals surface area (Å²) in [6, 6.07) is 22.4. The molecule has 1 fully saturated rings. The maximum Gasteiger partial charge on any atom is 0.223 e. The average molecular weight is 590 g/mol. The second-order valence-corrected chi connectivity index (χ2v) is 11.7. The first kappa shape index (κ1) is 29.9. The van der Waals surface area contributed by atoms with Crippen molar-refractivity contribution in [3.05, 3.63) is 88.4 Å². The number of benzene rings is 3. The van der Waals surface area contributed by atoms with E-state index in [1.807, 2.05) is 64.4 Å². The van der Waals surface area contributed by atoms with Crippen molar-refractivity contribution in [3.63, 3.8) is 0 Å². The fraction of sp³-hybridized carbons (Fsp3) is 0.412. The number of aryl methyl sites for hydroxylation is 1. The Kier molecular flexibility index (Phi) is 9.70. The number of anilines is 1. The van der Waals surface area contributed by atoms with E-state index in [4.69, 9.17) is 21.1 Å². The SMILES string of the molecule is COc1ccc(CCC(=O)N2Cc3ccccc3N(C(C)=O)CC[C@H]3CC[C@@H](C2)N3Cc2ccc(Cl)cc2)cc1OC. The van der Waals surface area contributed by atoms with Gasteiger partial charge in [0.05, 0.1) is 14.2 Å². The summed E-state index contributed by atoms with van der Waals surface area (Å²) in [4.78, 5) is 33.3. The van der Waals surface area contributed by atoms with Crippen LogP contribution in [0.2, 0.25) is 5.02 Å². The average Bonchev–Trinajstić information content (AvgIpc) is 3.36. The van der Waals surface area contributed by atoms with Crippen LogP contribution in [0.25, 0.3) is 0 Å². The van der Waals surface area contributed by atoms with Crippen LogP contribution in [0, 0.1) is 0 Å². The molecule has 2 aliphatic rings. The van der Waals surface area contributed by atoms with Crippen LogP contribution in [0.1, 0.15) is 49.3 Å². The van der Waals surface area contributed by atoms with Crippen molar-refractivity contribution in [1.29, 1.82) is 0 Å². The van der Waals surface area contributed by atoms with Crippen LogP contribution < -0.4 is 14.4 Å². The van der Waals surface area contributed by atoms with Gasteiger partial charge in [-0.05, 0) is 72.7 Å². The number of hydrogen-bond donors (Lipinski definition) is 0. The molecule has 0 aliphatic carbocycles. The van der Waals surface area contributed by atoms with Crippen molar-refractivity contribution in [3.8, 4) is 11.5 Å². The first-order valence-corrected chi connectivity index (χ1v) is 15.1. The summed E-state index contributed by atoms with van der Waals surface area (Å²) in [5.41, 5.74) is 4.11. The molecule has 3 aromatic rings. The zero-order chi connectivity index (χ0) is 29.6. The number of carbonyl (C=O) groups excluding carboxylic acids is 2. The van der Waals surface area contributed by atoms with Crippen molar-refractivity contribution in [2.24, 2.45) is 0 Å². The Bertz CT molecular complexity index is 1400. The second kappa shape index (κ2) is 13.6. The smallest absolute Gasteiger partial charge is 0.223 e. The van der Waals surface area contributed by atoms with E-state index in [0.717, 1.165) is 47.6 Å². The number of hydrogen-bond acceptors (Lipinski definition) is 5. The van der Waals surface area contributed by atoms with Gasteiger partial charge in [0.1, 0.15) is 0 Å². The summed E-state index contributed by atoms with van der Waals surface area (Å²) in [6.45, 7) is 4.16. The highest BCUT2D eigenvalue weighted by Gasteiger charge is 2.36. The lowest BCUT2D eigenvalue weighted by Crippen LogP contribution is -2.45. The van der Waals surface area contributed by atoms with Crippen LogP contribution >= 0.6 is 11.6 Å². The lowest BCUT2D eigenvalue weighted by Gasteiger charge is -2.34. The van der Waals surface area contributed by atoms with Gasteiger partial charge in [-0.15, -0.1) is 0 Å². The van der Waals surface area contributed by atoms with Gasteiger partial charge in [0.25, 0.3) is 0 Å². The zero-order valence-electron chi connectivity index (χ0n) is 24.7. The van der Waals surface area contributed by atoms with Gasteiger partial charge in [0.15, 0.2) is 11.5 Å². The third-order valence-corrected chi connectivity index (χ3v) is 8.87. The highest BCUT2D eigenvalue weighted by Crippen LogP contribution is 2.33. The molecule has 5 rings (SSSR count). The van der Waals surface area contributed by atoms with E-state index in [-0.39, 0.29) is 17.9 Å². The maximum absolute atomic E-state index is 14.0. The maximum atomic E-state index is 14.0. The molecular formula is C34H40ClN3O4. The number of methoxy groups -OCH3 is 2. The van der Waals surface area contributed by atoms with Gasteiger partial charge in [-0.2, -0.15) is 0 Å². The Morgan fingerprint density at radius 3 is 2.33 bits per heavy atom. The van der Waals surface area contributed by atoms with Gasteiger partial charge in [0.2, 0.25) is 11.8 Å². The largest absolute Gasteiger partial charge is 0.493 e. The Morgan fingerprint density at radius 2 is 1.60 bits per heavy atom. The molecule has 2 bridgehead atoms. The Labute approximate surface area is 254 Å². The molecule has 2 aliphatic heterocycles. The Hall–Kier alpha value is -3.55. The number of fused-ring (bicyclic) bond motifs is 3. The monoisotopic (exact) mass is 589 g/mol. The highest BCUT2D eigenvalue weighted by molar-refractivity contribution is 6.30. The molecule has 0 N–H and O–H groups in total. The lowest BCUT2D eigenvalue weighted by molar-refractivity contribution is -0.132. The minimum atomic E-state index is 0.0202. The molecule has 1 saturated heterocycles. The van der Waals surface area contributed by atoms with E-state index in [9.17, 15) is 9.59 Å². The van der Waals surface area contributed by atoms with Gasteiger partial charge in [-0.3, -0.25) is 14.5 Å². The minimum Gasteiger partial charge on any atom is -0.493 e. The molecule has 0 spiro atoms. The van der Waals surface area contributed by atoms with Crippen LogP contribution in [0.15, 0.2) is 66.7 Å². The summed E-state index contributed by atoms with van der Waals surface area (Å²) >= 11 is 6.17. The van der Waals surface area contributed by atoms with Crippen LogP contribution in [-0.2, 0) is 29.1 Å². The summed E-state index contributed by atoms with van der Waals surface area (Å²) in [6.07, 6.45) is 3.91. The molecule has 3 aromatic carbocycles. The molecular weight excluding hydrogens is 550 g/mol. The number of halogens is 1. The summed E-state index contributed by atoms with van der Waals surface area (Å²) in [5, 5.41) is 0.722. The molecule has 42 heavy (non-hydrogen) atoms. The fourth-order valence-electron chi connectivity index (χ4n) is 6.37. The first-order chi connectivity index (χ1) is 20.4. The van der Waals surface area contributed by atoms with Gasteiger partial charge in [-0.1, -0.05) is 48.0 Å². The van der Waals surface area contributed by atoms with Crippen molar-refractivity contribution < 1.29 is 19.1 Å². The van der Waals surface area contributed by atoms with E-state index >= 15 is 0 Å². The molecule has 2 atom stereocenters. The Morgan fingerprint density at radius 1 is 0.881 bits per heavy atom. The van der Waals surface area contributed by atoms with Crippen LogP contribution in [0.3, 0.4) is 0 Å². The quantitative estimate of drug-likeness (QED) is 0.333. The van der Waals surface area contributed by atoms with Crippen LogP contribution in [0.5, 0.6) is 11.5 Å². The van der Waals surface area contributed by atoms with Crippen molar-refractivity contribution in [1.82, 2.24) is 9.80 Å². The molecule has 2 amide bonds. The molecule has 0 radical (unpaired) electrons. The van der Waals surface area contributed by atoms with Gasteiger partial charge in [0, 0.05) is 62.3 Å². The molecule has 8 heteroatoms. The summed E-state index contributed by atoms with van der Waals surface area (Å²) in [5.74, 6) is 1.45. The van der Waals surface area contributed by atoms with Crippen molar-refractivity contribution in [2.75, 3.05) is 32.2 Å². The molecule has 222 valence electrons. The summed E-state index contributed by atoms with van der Waals surface area (Å²) in [7, 11) is 3.23. The molecule has 0 aromatic heterocycles. The number of carbonyl (C=O) groups is 2. The van der Waals surface area contributed by atoms with Gasteiger partial charge >= 0.3 is 0 Å². The summed E-state index contributed by atoms with van der Waals surface area (Å²) < 4.78 is 10.8. The Balaban J connectivity index is 1.43. The number of rotatable bonds is 7. The third-order valence-electron chi connectivity index (χ3n) is 8.62. The lowest BCUT2D eigenvalue weighted by atomic mass is 10.1. The molecule has 7 nitrogen and oxygen atoms in total. The van der Waals surface area contributed by atoms with Gasteiger partial charge < -0.3 is 19.3 Å². The zero-order valence-corrected chi connectivity index (χ0v) is 25.5. The van der Waals surface area contributed by atoms with E-state index in [0.29, 0.717) is 50.0 Å². The number of nitrogens with zero attached hydrogens (tertiary/aromatic N) is 3. The number of ether oxygens (including phenoxy) is 2. The van der Waals surface area contributed by atoms with E-state index < -0.39 is 0 Å². The fourth-order valence-corrected chi connectivity index (χ4v) is 6.50. The molecule has 2 heterocycles. The van der Waals surface area contributed by atoms with Crippen molar-refractivity contribution >= 4 is 29.1 Å².